The van der Waals surface area contributed by atoms with E-state index in [1.165, 1.54) is 30.6 Å². The summed E-state index contributed by atoms with van der Waals surface area (Å²) in [7, 11) is 0. The number of benzene rings is 2. The molecule has 10 heteroatoms. The lowest BCUT2D eigenvalue weighted by molar-refractivity contribution is -0.274. The average molecular weight is 445 g/mol. The molecule has 0 atom stereocenters. The van der Waals surface area contributed by atoms with Crippen molar-refractivity contribution in [3.05, 3.63) is 65.6 Å². The van der Waals surface area contributed by atoms with Gasteiger partial charge in [0.1, 0.15) is 12.1 Å². The van der Waals surface area contributed by atoms with E-state index in [-0.39, 0.29) is 28.7 Å². The molecule has 1 aliphatic rings. The molecule has 0 saturated carbocycles. The second-order valence-electron chi connectivity index (χ2n) is 7.43. The Kier molecular flexibility index (Phi) is 5.68. The number of carboxylic acids is 1. The van der Waals surface area contributed by atoms with Crippen molar-refractivity contribution in [1.29, 1.82) is 0 Å². The highest BCUT2D eigenvalue weighted by molar-refractivity contribution is 5.95. The summed E-state index contributed by atoms with van der Waals surface area (Å²) < 4.78 is 40.7. The maximum atomic E-state index is 12.7. The van der Waals surface area contributed by atoms with E-state index in [2.05, 4.69) is 14.7 Å². The van der Waals surface area contributed by atoms with Crippen molar-refractivity contribution in [3.63, 3.8) is 0 Å². The maximum absolute atomic E-state index is 12.7. The normalized spacial score (nSPS) is 15.0. The lowest BCUT2D eigenvalue weighted by Gasteiger charge is -2.32. The second-order valence-corrected chi connectivity index (χ2v) is 7.43. The molecule has 1 saturated heterocycles. The SMILES string of the molecule is O=C(O)c1ccc2c(C3CCN(C(=O)c4ccc(OC(F)(F)F)cc4)CC3)ncnc2c1. The van der Waals surface area contributed by atoms with Gasteiger partial charge in [0.05, 0.1) is 16.8 Å². The first kappa shape index (κ1) is 21.5. The van der Waals surface area contributed by atoms with Gasteiger partial charge in [-0.25, -0.2) is 14.8 Å². The topological polar surface area (TPSA) is 92.6 Å². The Morgan fingerprint density at radius 2 is 1.66 bits per heavy atom. The first-order valence-corrected chi connectivity index (χ1v) is 9.84. The number of aromatic nitrogens is 2. The van der Waals surface area contributed by atoms with E-state index in [1.807, 2.05) is 0 Å². The fraction of sp³-hybridized carbons (Fsp3) is 0.273. The number of hydrogen-bond acceptors (Lipinski definition) is 5. The van der Waals surface area contributed by atoms with Gasteiger partial charge < -0.3 is 14.7 Å². The van der Waals surface area contributed by atoms with Crippen molar-refractivity contribution in [3.8, 4) is 5.75 Å². The third-order valence-electron chi connectivity index (χ3n) is 5.42. The molecule has 1 amide bonds. The number of fused-ring (bicyclic) bond motifs is 1. The largest absolute Gasteiger partial charge is 0.573 e. The van der Waals surface area contributed by atoms with Crippen molar-refractivity contribution in [2.24, 2.45) is 0 Å². The molecule has 1 fully saturated rings. The van der Waals surface area contributed by atoms with Crippen molar-refractivity contribution in [2.45, 2.75) is 25.1 Å². The number of aromatic carboxylic acids is 1. The van der Waals surface area contributed by atoms with E-state index in [1.54, 1.807) is 11.0 Å². The lowest BCUT2D eigenvalue weighted by atomic mass is 9.90. The number of rotatable bonds is 4. The molecule has 1 aliphatic heterocycles. The van der Waals surface area contributed by atoms with Crippen LogP contribution in [0.4, 0.5) is 13.2 Å². The summed E-state index contributed by atoms with van der Waals surface area (Å²) in [6.45, 7) is 0.923. The molecule has 0 radical (unpaired) electrons. The molecule has 1 N–H and O–H groups in total. The third kappa shape index (κ3) is 4.63. The quantitative estimate of drug-likeness (QED) is 0.646. The molecular weight excluding hydrogens is 427 g/mol. The van der Waals surface area contributed by atoms with Gasteiger partial charge in [-0.05, 0) is 49.2 Å². The van der Waals surface area contributed by atoms with E-state index in [0.717, 1.165) is 23.2 Å². The molecule has 0 spiro atoms. The van der Waals surface area contributed by atoms with Crippen LogP contribution in [0.2, 0.25) is 0 Å². The first-order valence-electron chi connectivity index (χ1n) is 9.84. The van der Waals surface area contributed by atoms with Crippen molar-refractivity contribution < 1.29 is 32.6 Å². The van der Waals surface area contributed by atoms with Crippen molar-refractivity contribution in [1.82, 2.24) is 14.9 Å². The van der Waals surface area contributed by atoms with E-state index in [4.69, 9.17) is 5.11 Å². The minimum atomic E-state index is -4.78. The number of likely N-dealkylation sites (tertiary alicyclic amines) is 1. The molecule has 2 aromatic carbocycles. The number of hydrogen-bond donors (Lipinski definition) is 1. The molecule has 2 heterocycles. The van der Waals surface area contributed by atoms with Gasteiger partial charge in [0.25, 0.3) is 5.91 Å². The van der Waals surface area contributed by atoms with Gasteiger partial charge in [0, 0.05) is 30.0 Å². The summed E-state index contributed by atoms with van der Waals surface area (Å²) >= 11 is 0. The summed E-state index contributed by atoms with van der Waals surface area (Å²) in [5.41, 5.74) is 1.79. The van der Waals surface area contributed by atoms with E-state index >= 15 is 0 Å². The number of halogens is 3. The van der Waals surface area contributed by atoms with Crippen LogP contribution in [0.1, 0.15) is 45.2 Å². The number of amides is 1. The smallest absolute Gasteiger partial charge is 0.478 e. The van der Waals surface area contributed by atoms with Crippen LogP contribution >= 0.6 is 0 Å². The zero-order valence-electron chi connectivity index (χ0n) is 16.7. The highest BCUT2D eigenvalue weighted by atomic mass is 19.4. The monoisotopic (exact) mass is 445 g/mol. The Balaban J connectivity index is 1.44. The van der Waals surface area contributed by atoms with Gasteiger partial charge in [-0.1, -0.05) is 6.07 Å². The van der Waals surface area contributed by atoms with Crippen LogP contribution in [0.15, 0.2) is 48.8 Å². The summed E-state index contributed by atoms with van der Waals surface area (Å²) in [6, 6.07) is 9.59. The van der Waals surface area contributed by atoms with Gasteiger partial charge in [-0.15, -0.1) is 13.2 Å². The van der Waals surface area contributed by atoms with Crippen molar-refractivity contribution in [2.75, 3.05) is 13.1 Å². The second kappa shape index (κ2) is 8.45. The highest BCUT2D eigenvalue weighted by Gasteiger charge is 2.31. The molecule has 166 valence electrons. The molecule has 7 nitrogen and oxygen atoms in total. The number of carboxylic acid groups (broad SMARTS) is 1. The van der Waals surface area contributed by atoms with Crippen LogP contribution in [0.5, 0.6) is 5.75 Å². The van der Waals surface area contributed by atoms with Gasteiger partial charge in [0.15, 0.2) is 0 Å². The number of alkyl halides is 3. The Bertz CT molecular complexity index is 1160. The zero-order valence-corrected chi connectivity index (χ0v) is 16.7. The number of nitrogens with zero attached hydrogens (tertiary/aromatic N) is 3. The van der Waals surface area contributed by atoms with Gasteiger partial charge >= 0.3 is 12.3 Å². The Labute approximate surface area is 180 Å². The van der Waals surface area contributed by atoms with Crippen LogP contribution in [0, 0.1) is 0 Å². The number of ether oxygens (including phenoxy) is 1. The summed E-state index contributed by atoms with van der Waals surface area (Å²) in [5, 5.41) is 9.94. The van der Waals surface area contributed by atoms with Gasteiger partial charge in [0.2, 0.25) is 0 Å². The summed E-state index contributed by atoms with van der Waals surface area (Å²) in [6.07, 6.45) is -2.08. The van der Waals surface area contributed by atoms with Crippen LogP contribution in [-0.2, 0) is 0 Å². The Morgan fingerprint density at radius 3 is 2.28 bits per heavy atom. The van der Waals surface area contributed by atoms with Crippen LogP contribution < -0.4 is 4.74 Å². The third-order valence-corrected chi connectivity index (χ3v) is 5.42. The highest BCUT2D eigenvalue weighted by Crippen LogP contribution is 2.32. The standard InChI is InChI=1S/C22H18F3N3O4/c23-22(24,25)32-16-4-1-14(2-5-16)20(29)28-9-7-13(8-10-28)19-17-6-3-15(21(30)31)11-18(17)26-12-27-19/h1-6,11-13H,7-10H2,(H,30,31). The number of piperidine rings is 1. The fourth-order valence-corrected chi connectivity index (χ4v) is 3.87. The van der Waals surface area contributed by atoms with E-state index < -0.39 is 12.3 Å². The van der Waals surface area contributed by atoms with Crippen LogP contribution in [0.25, 0.3) is 10.9 Å². The molecule has 0 aliphatic carbocycles. The van der Waals surface area contributed by atoms with E-state index in [0.29, 0.717) is 31.4 Å². The first-order chi connectivity index (χ1) is 15.2. The lowest BCUT2D eigenvalue weighted by Crippen LogP contribution is -2.38. The Hall–Kier alpha value is -3.69. The zero-order chi connectivity index (χ0) is 22.9. The van der Waals surface area contributed by atoms with Crippen LogP contribution in [-0.4, -0.2) is 51.3 Å². The van der Waals surface area contributed by atoms with Crippen LogP contribution in [0.3, 0.4) is 0 Å². The minimum Gasteiger partial charge on any atom is -0.478 e. The minimum absolute atomic E-state index is 0.0720. The van der Waals surface area contributed by atoms with Gasteiger partial charge in [-0.3, -0.25) is 4.79 Å². The predicted molar refractivity (Wildman–Crippen MR) is 108 cm³/mol. The molecule has 1 aromatic heterocycles. The molecule has 4 rings (SSSR count). The summed E-state index contributed by atoms with van der Waals surface area (Å²) in [4.78, 5) is 34.2. The molecule has 0 unspecified atom stereocenters. The molecule has 32 heavy (non-hydrogen) atoms. The summed E-state index contributed by atoms with van der Waals surface area (Å²) in [5.74, 6) is -1.60. The van der Waals surface area contributed by atoms with Crippen molar-refractivity contribution >= 4 is 22.8 Å². The molecular formula is C22H18F3N3O4. The van der Waals surface area contributed by atoms with E-state index in [9.17, 15) is 22.8 Å². The average Bonchev–Trinajstić information content (AvgIpc) is 2.77. The maximum Gasteiger partial charge on any atom is 0.573 e. The van der Waals surface area contributed by atoms with Gasteiger partial charge in [-0.2, -0.15) is 0 Å². The fourth-order valence-electron chi connectivity index (χ4n) is 3.87. The predicted octanol–water partition coefficient (Wildman–Crippen LogP) is 4.25. The molecule has 3 aromatic rings. The Morgan fingerprint density at radius 1 is 1.00 bits per heavy atom. The number of carbonyl (C=O) groups is 2. The molecule has 0 bridgehead atoms. The number of carbonyl (C=O) groups excluding carboxylic acids is 1.